The molecule has 2 heterocycles. The van der Waals surface area contributed by atoms with Gasteiger partial charge < -0.3 is 24.9 Å². The number of nitrogens with one attached hydrogen (secondary N) is 2. The van der Waals surface area contributed by atoms with Gasteiger partial charge in [-0.1, -0.05) is 23.2 Å². The number of halogens is 2. The second kappa shape index (κ2) is 9.01. The Morgan fingerprint density at radius 3 is 2.48 bits per heavy atom. The van der Waals surface area contributed by atoms with Crippen LogP contribution in [0.3, 0.4) is 0 Å². The summed E-state index contributed by atoms with van der Waals surface area (Å²) in [5.41, 5.74) is 0.974. The van der Waals surface area contributed by atoms with Crippen molar-refractivity contribution in [1.29, 1.82) is 0 Å². The molecule has 9 heteroatoms. The summed E-state index contributed by atoms with van der Waals surface area (Å²) in [6.45, 7) is 2.68. The highest BCUT2D eigenvalue weighted by molar-refractivity contribution is 6.42. The van der Waals surface area contributed by atoms with Gasteiger partial charge in [-0.2, -0.15) is 0 Å². The number of hydrogen-bond acceptors (Lipinski definition) is 4. The Labute approximate surface area is 167 Å². The minimum Gasteiger partial charge on any atom is -0.467 e. The number of nitrogens with zero attached hydrogens (tertiary/aromatic N) is 2. The van der Waals surface area contributed by atoms with Gasteiger partial charge in [0.2, 0.25) is 5.91 Å². The van der Waals surface area contributed by atoms with E-state index in [4.69, 9.17) is 27.6 Å². The third-order valence-electron chi connectivity index (χ3n) is 4.28. The van der Waals surface area contributed by atoms with Crippen molar-refractivity contribution >= 4 is 40.8 Å². The maximum atomic E-state index is 12.2. The molecule has 1 aromatic heterocycles. The smallest absolute Gasteiger partial charge is 0.317 e. The van der Waals surface area contributed by atoms with E-state index >= 15 is 0 Å². The van der Waals surface area contributed by atoms with E-state index in [1.54, 1.807) is 29.4 Å². The zero-order valence-corrected chi connectivity index (χ0v) is 16.1. The number of benzene rings is 1. The molecule has 0 radical (unpaired) electrons. The molecule has 2 N–H and O–H groups in total. The van der Waals surface area contributed by atoms with E-state index < -0.39 is 0 Å². The summed E-state index contributed by atoms with van der Waals surface area (Å²) in [4.78, 5) is 27.9. The maximum absolute atomic E-state index is 12.2. The average Bonchev–Trinajstić information content (AvgIpc) is 3.20. The highest BCUT2D eigenvalue weighted by Gasteiger charge is 2.22. The molecule has 1 aromatic carbocycles. The fourth-order valence-electron chi connectivity index (χ4n) is 2.78. The van der Waals surface area contributed by atoms with Crippen LogP contribution in [0.25, 0.3) is 0 Å². The van der Waals surface area contributed by atoms with Gasteiger partial charge >= 0.3 is 6.03 Å². The Hall–Kier alpha value is -2.38. The zero-order valence-electron chi connectivity index (χ0n) is 14.6. The quantitative estimate of drug-likeness (QED) is 0.793. The SMILES string of the molecule is O=C(CNC(=O)N1CCN(c2ccc(Cl)c(Cl)c2)CC1)NCc1ccco1. The van der Waals surface area contributed by atoms with E-state index in [-0.39, 0.29) is 18.5 Å². The Balaban J connectivity index is 1.40. The lowest BCUT2D eigenvalue weighted by molar-refractivity contribution is -0.120. The van der Waals surface area contributed by atoms with Crippen LogP contribution in [0, 0.1) is 0 Å². The summed E-state index contributed by atoms with van der Waals surface area (Å²) >= 11 is 12.0. The monoisotopic (exact) mass is 410 g/mol. The fourth-order valence-corrected chi connectivity index (χ4v) is 3.07. The topological polar surface area (TPSA) is 77.8 Å². The predicted octanol–water partition coefficient (Wildman–Crippen LogP) is 2.73. The van der Waals surface area contributed by atoms with Gasteiger partial charge in [-0.3, -0.25) is 4.79 Å². The molecule has 2 aromatic rings. The molecule has 0 unspecified atom stereocenters. The third-order valence-corrected chi connectivity index (χ3v) is 5.01. The zero-order chi connectivity index (χ0) is 19.2. The van der Waals surface area contributed by atoms with E-state index in [9.17, 15) is 9.59 Å². The fraction of sp³-hybridized carbons (Fsp3) is 0.333. The van der Waals surface area contributed by atoms with Gasteiger partial charge in [0.05, 0.1) is 29.4 Å². The maximum Gasteiger partial charge on any atom is 0.317 e. The number of hydrogen-bond donors (Lipinski definition) is 2. The van der Waals surface area contributed by atoms with E-state index in [1.807, 2.05) is 12.1 Å². The first-order valence-electron chi connectivity index (χ1n) is 8.55. The lowest BCUT2D eigenvalue weighted by Gasteiger charge is -2.36. The summed E-state index contributed by atoms with van der Waals surface area (Å²) < 4.78 is 5.13. The molecule has 7 nitrogen and oxygen atoms in total. The van der Waals surface area contributed by atoms with Crippen molar-refractivity contribution in [3.05, 3.63) is 52.4 Å². The number of anilines is 1. The number of amides is 3. The van der Waals surface area contributed by atoms with E-state index in [0.29, 0.717) is 48.5 Å². The molecule has 1 aliphatic rings. The van der Waals surface area contributed by atoms with Gasteiger partial charge in [0, 0.05) is 31.9 Å². The number of rotatable bonds is 5. The van der Waals surface area contributed by atoms with Crippen LogP contribution in [0.5, 0.6) is 0 Å². The van der Waals surface area contributed by atoms with E-state index in [2.05, 4.69) is 15.5 Å². The molecule has 1 aliphatic heterocycles. The summed E-state index contributed by atoms with van der Waals surface area (Å²) in [7, 11) is 0. The molecule has 0 spiro atoms. The molecule has 1 saturated heterocycles. The van der Waals surface area contributed by atoms with E-state index in [1.165, 1.54) is 0 Å². The number of carbonyl (C=O) groups excluding carboxylic acids is 2. The molecule has 1 fully saturated rings. The molecule has 3 amide bonds. The van der Waals surface area contributed by atoms with Crippen molar-refractivity contribution in [2.75, 3.05) is 37.6 Å². The summed E-state index contributed by atoms with van der Waals surface area (Å²) in [6, 6.07) is 8.76. The first-order valence-corrected chi connectivity index (χ1v) is 9.30. The summed E-state index contributed by atoms with van der Waals surface area (Å²) in [6.07, 6.45) is 1.54. The van der Waals surface area contributed by atoms with Crippen LogP contribution in [0.1, 0.15) is 5.76 Å². The lowest BCUT2D eigenvalue weighted by Crippen LogP contribution is -2.53. The first-order chi connectivity index (χ1) is 13.0. The number of furan rings is 1. The largest absolute Gasteiger partial charge is 0.467 e. The molecule has 0 saturated carbocycles. The lowest BCUT2D eigenvalue weighted by atomic mass is 10.2. The average molecular weight is 411 g/mol. The molecular formula is C18H20Cl2N4O3. The van der Waals surface area contributed by atoms with Crippen LogP contribution in [-0.2, 0) is 11.3 Å². The van der Waals surface area contributed by atoms with Crippen molar-refractivity contribution in [2.45, 2.75) is 6.54 Å². The van der Waals surface area contributed by atoms with Crippen molar-refractivity contribution in [3.8, 4) is 0 Å². The minimum absolute atomic E-state index is 0.0768. The Kier molecular flexibility index (Phi) is 6.47. The second-order valence-corrected chi connectivity index (χ2v) is 6.90. The van der Waals surface area contributed by atoms with Gasteiger partial charge in [0.15, 0.2) is 0 Å². The summed E-state index contributed by atoms with van der Waals surface area (Å²) in [5, 5.41) is 6.35. The van der Waals surface area contributed by atoms with Crippen LogP contribution >= 0.6 is 23.2 Å². The number of urea groups is 1. The van der Waals surface area contributed by atoms with Crippen LogP contribution in [0.4, 0.5) is 10.5 Å². The Bertz CT molecular complexity index is 790. The number of carbonyl (C=O) groups is 2. The standard InChI is InChI=1S/C18H20Cl2N4O3/c19-15-4-3-13(10-16(15)20)23-5-7-24(8-6-23)18(26)22-12-17(25)21-11-14-2-1-9-27-14/h1-4,9-10H,5-8,11-12H2,(H,21,25)(H,22,26). The normalized spacial score (nSPS) is 14.1. The van der Waals surface area contributed by atoms with Gasteiger partial charge in [-0.25, -0.2) is 4.79 Å². The van der Waals surface area contributed by atoms with Crippen molar-refractivity contribution in [3.63, 3.8) is 0 Å². The second-order valence-electron chi connectivity index (χ2n) is 6.09. The minimum atomic E-state index is -0.269. The van der Waals surface area contributed by atoms with Gasteiger partial charge in [-0.15, -0.1) is 0 Å². The molecule has 0 bridgehead atoms. The van der Waals surface area contributed by atoms with Crippen molar-refractivity contribution in [1.82, 2.24) is 15.5 Å². The van der Waals surface area contributed by atoms with E-state index in [0.717, 1.165) is 5.69 Å². The van der Waals surface area contributed by atoms with Gasteiger partial charge in [-0.05, 0) is 30.3 Å². The highest BCUT2D eigenvalue weighted by atomic mass is 35.5. The molecule has 0 aliphatic carbocycles. The third kappa shape index (κ3) is 5.30. The van der Waals surface area contributed by atoms with Crippen LogP contribution in [0.2, 0.25) is 10.0 Å². The van der Waals surface area contributed by atoms with Crippen LogP contribution in [0.15, 0.2) is 41.0 Å². The Morgan fingerprint density at radius 1 is 1.04 bits per heavy atom. The Morgan fingerprint density at radius 2 is 1.81 bits per heavy atom. The predicted molar refractivity (Wildman–Crippen MR) is 104 cm³/mol. The highest BCUT2D eigenvalue weighted by Crippen LogP contribution is 2.27. The number of piperazine rings is 1. The van der Waals surface area contributed by atoms with Gasteiger partial charge in [0.25, 0.3) is 0 Å². The molecule has 0 atom stereocenters. The molecular weight excluding hydrogens is 391 g/mol. The summed E-state index contributed by atoms with van der Waals surface area (Å²) in [5.74, 6) is 0.391. The van der Waals surface area contributed by atoms with Gasteiger partial charge in [0.1, 0.15) is 5.76 Å². The molecule has 27 heavy (non-hydrogen) atoms. The van der Waals surface area contributed by atoms with Crippen LogP contribution < -0.4 is 15.5 Å². The molecule has 3 rings (SSSR count). The van der Waals surface area contributed by atoms with Crippen LogP contribution in [-0.4, -0.2) is 49.6 Å². The van der Waals surface area contributed by atoms with Crippen molar-refractivity contribution in [2.24, 2.45) is 0 Å². The molecule has 144 valence electrons. The first kappa shape index (κ1) is 19.4. The van der Waals surface area contributed by atoms with Crippen molar-refractivity contribution < 1.29 is 14.0 Å².